The van der Waals surface area contributed by atoms with Crippen LogP contribution in [0.15, 0.2) is 48.5 Å². The third-order valence-corrected chi connectivity index (χ3v) is 4.37. The van der Waals surface area contributed by atoms with Gasteiger partial charge >= 0.3 is 0 Å². The van der Waals surface area contributed by atoms with Crippen LogP contribution in [0.1, 0.15) is 58.1 Å². The van der Waals surface area contributed by atoms with E-state index in [4.69, 9.17) is 10.2 Å². The molecule has 24 heavy (non-hydrogen) atoms. The van der Waals surface area contributed by atoms with Gasteiger partial charge in [0, 0.05) is 0 Å². The number of phenolic OH excluding ortho intramolecular Hbond substituents is 2. The van der Waals surface area contributed by atoms with Gasteiger partial charge < -0.3 is 10.2 Å². The van der Waals surface area contributed by atoms with Crippen LogP contribution >= 0.6 is 0 Å². The zero-order chi connectivity index (χ0) is 18.1. The van der Waals surface area contributed by atoms with Crippen LogP contribution in [0, 0.1) is 11.8 Å². The zero-order valence-corrected chi connectivity index (χ0v) is 15.7. The molecule has 1 unspecified atom stereocenters. The highest BCUT2D eigenvalue weighted by Gasteiger charge is 2.08. The minimum Gasteiger partial charge on any atom is -0.508 e. The fourth-order valence-corrected chi connectivity index (χ4v) is 2.28. The molecule has 0 amide bonds. The number of benzene rings is 2. The molecule has 0 aliphatic carbocycles. The Morgan fingerprint density at radius 3 is 1.58 bits per heavy atom. The predicted octanol–water partition coefficient (Wildman–Crippen LogP) is 6.13. The second-order valence-corrected chi connectivity index (χ2v) is 7.22. The van der Waals surface area contributed by atoms with Crippen LogP contribution in [0.4, 0.5) is 0 Å². The molecule has 2 N–H and O–H groups in total. The van der Waals surface area contributed by atoms with Crippen LogP contribution in [0.3, 0.4) is 0 Å². The normalized spacial score (nSPS) is 12.0. The fraction of sp³-hybridized carbons (Fsp3) is 0.455. The van der Waals surface area contributed by atoms with Crippen molar-refractivity contribution in [1.29, 1.82) is 0 Å². The number of phenols is 2. The summed E-state index contributed by atoms with van der Waals surface area (Å²) in [5.74, 6) is 2.65. The molecule has 0 fully saturated rings. The summed E-state index contributed by atoms with van der Waals surface area (Å²) in [5.41, 5.74) is 2.60. The highest BCUT2D eigenvalue weighted by atomic mass is 16.3. The lowest BCUT2D eigenvalue weighted by atomic mass is 9.90. The van der Waals surface area contributed by atoms with Gasteiger partial charge in [0.1, 0.15) is 11.5 Å². The van der Waals surface area contributed by atoms with Crippen molar-refractivity contribution in [2.75, 3.05) is 0 Å². The summed E-state index contributed by atoms with van der Waals surface area (Å²) < 4.78 is 0. The molecule has 2 rings (SSSR count). The first kappa shape index (κ1) is 20.1. The molecule has 0 spiro atoms. The Kier molecular flexibility index (Phi) is 8.39. The molecule has 0 radical (unpaired) electrons. The number of hydrogen-bond acceptors (Lipinski definition) is 2. The van der Waals surface area contributed by atoms with Crippen molar-refractivity contribution in [3.05, 3.63) is 59.7 Å². The molecule has 2 nitrogen and oxygen atoms in total. The molecule has 0 saturated carbocycles. The van der Waals surface area contributed by atoms with E-state index in [2.05, 4.69) is 34.6 Å². The van der Waals surface area contributed by atoms with Crippen molar-refractivity contribution in [2.24, 2.45) is 11.8 Å². The number of rotatable bonds is 5. The lowest BCUT2D eigenvalue weighted by Crippen LogP contribution is -2.01. The number of aromatic hydroxyl groups is 2. The van der Waals surface area contributed by atoms with Crippen molar-refractivity contribution < 1.29 is 10.2 Å². The van der Waals surface area contributed by atoms with Crippen LogP contribution in [-0.4, -0.2) is 10.2 Å². The Balaban J connectivity index is 0.000000240. The Morgan fingerprint density at radius 1 is 0.708 bits per heavy atom. The highest BCUT2D eigenvalue weighted by molar-refractivity contribution is 5.28. The van der Waals surface area contributed by atoms with Crippen molar-refractivity contribution in [3.63, 3.8) is 0 Å². The van der Waals surface area contributed by atoms with E-state index in [9.17, 15) is 0 Å². The third-order valence-electron chi connectivity index (χ3n) is 4.37. The van der Waals surface area contributed by atoms with Crippen LogP contribution in [0.2, 0.25) is 0 Å². The van der Waals surface area contributed by atoms with Gasteiger partial charge in [0.2, 0.25) is 0 Å². The van der Waals surface area contributed by atoms with E-state index < -0.39 is 0 Å². The Morgan fingerprint density at radius 2 is 1.17 bits per heavy atom. The van der Waals surface area contributed by atoms with Crippen LogP contribution in [0.5, 0.6) is 11.5 Å². The maximum Gasteiger partial charge on any atom is 0.115 e. The molecular weight excluding hydrogens is 296 g/mol. The first-order chi connectivity index (χ1) is 11.3. The molecule has 2 heteroatoms. The molecule has 132 valence electrons. The molecular formula is C22H32O2. The average Bonchev–Trinajstić information content (AvgIpc) is 2.55. The van der Waals surface area contributed by atoms with Crippen molar-refractivity contribution in [1.82, 2.24) is 0 Å². The molecule has 1 atom stereocenters. The number of aryl methyl sites for hydroxylation is 1. The van der Waals surface area contributed by atoms with Crippen LogP contribution < -0.4 is 0 Å². The lowest BCUT2D eigenvalue weighted by Gasteiger charge is -2.15. The maximum absolute atomic E-state index is 9.08. The zero-order valence-electron chi connectivity index (χ0n) is 15.7. The Hall–Kier alpha value is -1.96. The molecule has 0 bridgehead atoms. The van der Waals surface area contributed by atoms with Gasteiger partial charge in [0.25, 0.3) is 0 Å². The molecule has 0 aromatic heterocycles. The van der Waals surface area contributed by atoms with Crippen molar-refractivity contribution >= 4 is 0 Å². The minimum atomic E-state index is 0.342. The average molecular weight is 328 g/mol. The topological polar surface area (TPSA) is 40.5 Å². The lowest BCUT2D eigenvalue weighted by molar-refractivity contribution is 0.473. The molecule has 2 aromatic rings. The molecule has 0 saturated heterocycles. The summed E-state index contributed by atoms with van der Waals surface area (Å²) in [6.45, 7) is 11.1. The van der Waals surface area contributed by atoms with Gasteiger partial charge in [-0.25, -0.2) is 0 Å². The third kappa shape index (κ3) is 7.54. The molecule has 2 aromatic carbocycles. The molecule has 0 heterocycles. The van der Waals surface area contributed by atoms with E-state index in [-0.39, 0.29) is 0 Å². The maximum atomic E-state index is 9.08. The Bertz CT molecular complexity index is 568. The summed E-state index contributed by atoms with van der Waals surface area (Å²) in [6.07, 6.45) is 2.32. The summed E-state index contributed by atoms with van der Waals surface area (Å²) >= 11 is 0. The van der Waals surface area contributed by atoms with Crippen molar-refractivity contribution in [2.45, 2.75) is 53.4 Å². The molecule has 0 aliphatic heterocycles. The standard InChI is InChI=1S/2C11H16O/c1-8(2)9(3)10-4-6-11(12)7-5-10;1-9(2)3-4-10-5-7-11(12)8-6-10/h4-9,12H,1-3H3;5-9,12H,3-4H2,1-2H3. The van der Waals surface area contributed by atoms with Gasteiger partial charge in [-0.15, -0.1) is 0 Å². The highest BCUT2D eigenvalue weighted by Crippen LogP contribution is 2.24. The predicted molar refractivity (Wildman–Crippen MR) is 103 cm³/mol. The second-order valence-electron chi connectivity index (χ2n) is 7.22. The Labute approximate surface area is 147 Å². The number of hydrogen-bond donors (Lipinski definition) is 2. The first-order valence-corrected chi connectivity index (χ1v) is 8.86. The van der Waals surface area contributed by atoms with Crippen LogP contribution in [-0.2, 0) is 6.42 Å². The van der Waals surface area contributed by atoms with Gasteiger partial charge in [0.05, 0.1) is 0 Å². The van der Waals surface area contributed by atoms with Crippen molar-refractivity contribution in [3.8, 4) is 11.5 Å². The van der Waals surface area contributed by atoms with Gasteiger partial charge in [-0.3, -0.25) is 0 Å². The summed E-state index contributed by atoms with van der Waals surface area (Å²) in [7, 11) is 0. The second kappa shape index (κ2) is 10.0. The first-order valence-electron chi connectivity index (χ1n) is 8.86. The van der Waals surface area contributed by atoms with E-state index in [0.29, 0.717) is 23.3 Å². The van der Waals surface area contributed by atoms with Gasteiger partial charge in [-0.1, -0.05) is 58.9 Å². The monoisotopic (exact) mass is 328 g/mol. The van der Waals surface area contributed by atoms with Crippen LogP contribution in [0.25, 0.3) is 0 Å². The largest absolute Gasteiger partial charge is 0.508 e. The minimum absolute atomic E-state index is 0.342. The van der Waals surface area contributed by atoms with E-state index in [1.54, 1.807) is 24.3 Å². The fourth-order valence-electron chi connectivity index (χ4n) is 2.28. The van der Waals surface area contributed by atoms with Gasteiger partial charge in [-0.2, -0.15) is 0 Å². The summed E-state index contributed by atoms with van der Waals surface area (Å²) in [6, 6.07) is 14.9. The van der Waals surface area contributed by atoms with E-state index >= 15 is 0 Å². The van der Waals surface area contributed by atoms with E-state index in [1.807, 2.05) is 24.3 Å². The van der Waals surface area contributed by atoms with E-state index in [1.165, 1.54) is 17.5 Å². The molecule has 0 aliphatic rings. The van der Waals surface area contributed by atoms with Gasteiger partial charge in [0.15, 0.2) is 0 Å². The quantitative estimate of drug-likeness (QED) is 0.693. The summed E-state index contributed by atoms with van der Waals surface area (Å²) in [4.78, 5) is 0. The van der Waals surface area contributed by atoms with Gasteiger partial charge in [-0.05, 0) is 66.0 Å². The smallest absolute Gasteiger partial charge is 0.115 e. The van der Waals surface area contributed by atoms with E-state index in [0.717, 1.165) is 12.3 Å². The summed E-state index contributed by atoms with van der Waals surface area (Å²) in [5, 5.41) is 18.1. The SMILES string of the molecule is CC(C)C(C)c1ccc(O)cc1.CC(C)CCc1ccc(O)cc1.